The van der Waals surface area contributed by atoms with Crippen molar-refractivity contribution in [2.75, 3.05) is 7.11 Å². The first-order chi connectivity index (χ1) is 11.1. The Hall–Kier alpha value is -1.97. The summed E-state index contributed by atoms with van der Waals surface area (Å²) in [7, 11) is 1.65. The Morgan fingerprint density at radius 1 is 1.00 bits per heavy atom. The van der Waals surface area contributed by atoms with Gasteiger partial charge in [0.05, 0.1) is 34.2 Å². The SMILES string of the molecule is CCc1cc(-c2ccc(Cl)c(Cl)c2)n(-c2ccc(OC)cc2)n1. The van der Waals surface area contributed by atoms with Gasteiger partial charge in [-0.15, -0.1) is 0 Å². The molecule has 0 radical (unpaired) electrons. The minimum absolute atomic E-state index is 0.532. The molecule has 3 rings (SSSR count). The van der Waals surface area contributed by atoms with Gasteiger partial charge in [0, 0.05) is 5.56 Å². The van der Waals surface area contributed by atoms with Crippen LogP contribution in [0.25, 0.3) is 16.9 Å². The lowest BCUT2D eigenvalue weighted by Crippen LogP contribution is -1.99. The van der Waals surface area contributed by atoms with Gasteiger partial charge in [0.15, 0.2) is 0 Å². The monoisotopic (exact) mass is 346 g/mol. The van der Waals surface area contributed by atoms with Gasteiger partial charge in [0.1, 0.15) is 5.75 Å². The number of hydrogen-bond donors (Lipinski definition) is 0. The summed E-state index contributed by atoms with van der Waals surface area (Å²) in [5, 5.41) is 5.76. The van der Waals surface area contributed by atoms with Crippen LogP contribution in [0.1, 0.15) is 12.6 Å². The molecular weight excluding hydrogens is 331 g/mol. The standard InChI is InChI=1S/C18H16Cl2N2O/c1-3-13-11-18(12-4-9-16(19)17(20)10-12)22(21-13)14-5-7-15(23-2)8-6-14/h4-11H,3H2,1-2H3. The van der Waals surface area contributed by atoms with E-state index in [2.05, 4.69) is 18.1 Å². The Kier molecular flexibility index (Phi) is 4.60. The fourth-order valence-corrected chi connectivity index (χ4v) is 2.68. The zero-order chi connectivity index (χ0) is 16.4. The number of hydrogen-bond acceptors (Lipinski definition) is 2. The van der Waals surface area contributed by atoms with Gasteiger partial charge in [-0.05, 0) is 48.9 Å². The molecule has 0 aliphatic carbocycles. The van der Waals surface area contributed by atoms with Gasteiger partial charge in [0.2, 0.25) is 0 Å². The molecule has 118 valence electrons. The van der Waals surface area contributed by atoms with Crippen LogP contribution >= 0.6 is 23.2 Å². The first-order valence-corrected chi connectivity index (χ1v) is 8.06. The lowest BCUT2D eigenvalue weighted by molar-refractivity contribution is 0.414. The molecule has 2 aromatic carbocycles. The zero-order valence-corrected chi connectivity index (χ0v) is 14.4. The second-order valence-electron chi connectivity index (χ2n) is 5.11. The quantitative estimate of drug-likeness (QED) is 0.630. The molecule has 0 spiro atoms. The first kappa shape index (κ1) is 15.9. The molecule has 0 unspecified atom stereocenters. The molecule has 0 atom stereocenters. The van der Waals surface area contributed by atoms with Crippen molar-refractivity contribution in [1.29, 1.82) is 0 Å². The van der Waals surface area contributed by atoms with E-state index in [4.69, 9.17) is 27.9 Å². The van der Waals surface area contributed by atoms with E-state index in [9.17, 15) is 0 Å². The average Bonchev–Trinajstić information content (AvgIpc) is 3.02. The maximum Gasteiger partial charge on any atom is 0.119 e. The van der Waals surface area contributed by atoms with Gasteiger partial charge >= 0.3 is 0 Å². The van der Waals surface area contributed by atoms with E-state index in [0.717, 1.165) is 34.8 Å². The van der Waals surface area contributed by atoms with Gasteiger partial charge in [-0.3, -0.25) is 0 Å². The lowest BCUT2D eigenvalue weighted by atomic mass is 10.1. The molecule has 0 bridgehead atoms. The minimum atomic E-state index is 0.532. The summed E-state index contributed by atoms with van der Waals surface area (Å²) >= 11 is 12.2. The van der Waals surface area contributed by atoms with Crippen LogP contribution in [0.2, 0.25) is 10.0 Å². The fraction of sp³-hybridized carbons (Fsp3) is 0.167. The molecule has 0 fully saturated rings. The number of aryl methyl sites for hydroxylation is 1. The summed E-state index contributed by atoms with van der Waals surface area (Å²) in [5.74, 6) is 0.813. The second kappa shape index (κ2) is 6.65. The highest BCUT2D eigenvalue weighted by Crippen LogP contribution is 2.30. The fourth-order valence-electron chi connectivity index (χ4n) is 2.38. The number of methoxy groups -OCH3 is 1. The summed E-state index contributed by atoms with van der Waals surface area (Å²) in [6, 6.07) is 15.5. The van der Waals surface area contributed by atoms with Crippen molar-refractivity contribution in [2.24, 2.45) is 0 Å². The lowest BCUT2D eigenvalue weighted by Gasteiger charge is -2.09. The number of ether oxygens (including phenoxy) is 1. The molecule has 3 aromatic rings. The number of halogens is 2. The molecule has 5 heteroatoms. The van der Waals surface area contributed by atoms with Crippen molar-refractivity contribution in [3.8, 4) is 22.7 Å². The Labute approximate surface area is 145 Å². The normalized spacial score (nSPS) is 10.8. The minimum Gasteiger partial charge on any atom is -0.497 e. The molecule has 0 saturated heterocycles. The highest BCUT2D eigenvalue weighted by molar-refractivity contribution is 6.42. The molecule has 0 saturated carbocycles. The summed E-state index contributed by atoms with van der Waals surface area (Å²) < 4.78 is 7.13. The maximum atomic E-state index is 6.16. The molecule has 1 aromatic heterocycles. The van der Waals surface area contributed by atoms with Crippen molar-refractivity contribution in [1.82, 2.24) is 9.78 Å². The third-order valence-corrected chi connectivity index (χ3v) is 4.39. The van der Waals surface area contributed by atoms with E-state index in [0.29, 0.717) is 10.0 Å². The predicted octanol–water partition coefficient (Wildman–Crippen LogP) is 5.42. The number of nitrogens with zero attached hydrogens (tertiary/aromatic N) is 2. The highest BCUT2D eigenvalue weighted by Gasteiger charge is 2.12. The van der Waals surface area contributed by atoms with E-state index in [1.54, 1.807) is 13.2 Å². The molecular formula is C18H16Cl2N2O. The molecule has 23 heavy (non-hydrogen) atoms. The maximum absolute atomic E-state index is 6.16. The van der Waals surface area contributed by atoms with E-state index in [1.165, 1.54) is 0 Å². The number of aromatic nitrogens is 2. The van der Waals surface area contributed by atoms with Crippen LogP contribution < -0.4 is 4.74 Å². The van der Waals surface area contributed by atoms with Crippen LogP contribution in [0.3, 0.4) is 0 Å². The van der Waals surface area contributed by atoms with E-state index in [-0.39, 0.29) is 0 Å². The Morgan fingerprint density at radius 3 is 2.35 bits per heavy atom. The van der Waals surface area contributed by atoms with Crippen molar-refractivity contribution in [2.45, 2.75) is 13.3 Å². The summed E-state index contributed by atoms with van der Waals surface area (Å²) in [6.45, 7) is 2.08. The Morgan fingerprint density at radius 2 is 1.74 bits per heavy atom. The van der Waals surface area contributed by atoms with Crippen LogP contribution in [-0.4, -0.2) is 16.9 Å². The van der Waals surface area contributed by atoms with Crippen molar-refractivity contribution < 1.29 is 4.74 Å². The van der Waals surface area contributed by atoms with E-state index < -0.39 is 0 Å². The summed E-state index contributed by atoms with van der Waals surface area (Å²) in [5.41, 5.74) is 3.93. The van der Waals surface area contributed by atoms with Gasteiger partial charge < -0.3 is 4.74 Å². The summed E-state index contributed by atoms with van der Waals surface area (Å²) in [6.07, 6.45) is 0.859. The molecule has 3 nitrogen and oxygen atoms in total. The van der Waals surface area contributed by atoms with Crippen molar-refractivity contribution >= 4 is 23.2 Å². The Bertz CT molecular complexity index is 826. The highest BCUT2D eigenvalue weighted by atomic mass is 35.5. The molecule has 0 N–H and O–H groups in total. The van der Waals surface area contributed by atoms with Crippen LogP contribution in [0.4, 0.5) is 0 Å². The molecule has 0 aliphatic heterocycles. The predicted molar refractivity (Wildman–Crippen MR) is 95.0 cm³/mol. The van der Waals surface area contributed by atoms with Crippen molar-refractivity contribution in [3.63, 3.8) is 0 Å². The van der Waals surface area contributed by atoms with Crippen LogP contribution in [-0.2, 0) is 6.42 Å². The van der Waals surface area contributed by atoms with Gasteiger partial charge in [-0.25, -0.2) is 4.68 Å². The molecule has 1 heterocycles. The van der Waals surface area contributed by atoms with Crippen LogP contribution in [0.15, 0.2) is 48.5 Å². The molecule has 0 aliphatic rings. The first-order valence-electron chi connectivity index (χ1n) is 7.31. The third kappa shape index (κ3) is 3.21. The largest absolute Gasteiger partial charge is 0.497 e. The smallest absolute Gasteiger partial charge is 0.119 e. The average molecular weight is 347 g/mol. The van der Waals surface area contributed by atoms with Gasteiger partial charge in [-0.1, -0.05) is 36.2 Å². The number of rotatable bonds is 4. The third-order valence-electron chi connectivity index (χ3n) is 3.65. The van der Waals surface area contributed by atoms with Gasteiger partial charge in [-0.2, -0.15) is 5.10 Å². The Balaban J connectivity index is 2.12. The zero-order valence-electron chi connectivity index (χ0n) is 12.9. The second-order valence-corrected chi connectivity index (χ2v) is 5.93. The molecule has 0 amide bonds. The summed E-state index contributed by atoms with van der Waals surface area (Å²) in [4.78, 5) is 0. The van der Waals surface area contributed by atoms with Crippen LogP contribution in [0, 0.1) is 0 Å². The van der Waals surface area contributed by atoms with Gasteiger partial charge in [0.25, 0.3) is 0 Å². The van der Waals surface area contributed by atoms with Crippen LogP contribution in [0.5, 0.6) is 5.75 Å². The topological polar surface area (TPSA) is 27.1 Å². The number of benzene rings is 2. The van der Waals surface area contributed by atoms with Crippen molar-refractivity contribution in [3.05, 3.63) is 64.3 Å². The van der Waals surface area contributed by atoms with E-state index in [1.807, 2.05) is 41.1 Å². The van der Waals surface area contributed by atoms with E-state index >= 15 is 0 Å².